The third-order valence-corrected chi connectivity index (χ3v) is 2.15. The minimum Gasteiger partial charge on any atom is -0.0470 e. The lowest BCUT2D eigenvalue weighted by Gasteiger charge is -2.04. The molecule has 2 saturated carbocycles. The highest BCUT2D eigenvalue weighted by Crippen LogP contribution is 2.42. The third-order valence-electron chi connectivity index (χ3n) is 2.15. The van der Waals surface area contributed by atoms with E-state index in [-0.39, 0.29) is 0 Å². The highest BCUT2D eigenvalue weighted by atomic mass is 14.4. The van der Waals surface area contributed by atoms with Crippen LogP contribution in [0.2, 0.25) is 0 Å². The van der Waals surface area contributed by atoms with Crippen LogP contribution in [0.3, 0.4) is 0 Å². The van der Waals surface area contributed by atoms with E-state index in [4.69, 9.17) is 0 Å². The molecule has 2 bridgehead atoms. The Bertz CT molecular complexity index is 58.1. The highest BCUT2D eigenvalue weighted by molar-refractivity contribution is 5.04. The van der Waals surface area contributed by atoms with Crippen LogP contribution in [0, 0.1) is 24.7 Å². The fourth-order valence-corrected chi connectivity index (χ4v) is 1.70. The third kappa shape index (κ3) is 0.490. The summed E-state index contributed by atoms with van der Waals surface area (Å²) in [6, 6.07) is 0. The van der Waals surface area contributed by atoms with Crippen molar-refractivity contribution in [3.8, 4) is 0 Å². The normalized spacial score (nSPS) is 48.0. The fourth-order valence-electron chi connectivity index (χ4n) is 1.70. The van der Waals surface area contributed by atoms with Crippen molar-refractivity contribution in [2.75, 3.05) is 0 Å². The maximum Gasteiger partial charge on any atom is -0.0349 e. The van der Waals surface area contributed by atoms with E-state index in [2.05, 4.69) is 12.8 Å². The van der Waals surface area contributed by atoms with Crippen molar-refractivity contribution in [2.45, 2.75) is 19.3 Å². The van der Waals surface area contributed by atoms with E-state index < -0.39 is 0 Å². The molecular formula is C7H10. The lowest BCUT2D eigenvalue weighted by atomic mass is 10.0. The van der Waals surface area contributed by atoms with Gasteiger partial charge in [0.25, 0.3) is 0 Å². The zero-order chi connectivity index (χ0) is 4.69. The number of hydrogen-bond acceptors (Lipinski definition) is 0. The van der Waals surface area contributed by atoms with Gasteiger partial charge in [0.05, 0.1) is 0 Å². The molecule has 0 N–H and O–H groups in total. The van der Waals surface area contributed by atoms with E-state index in [0.717, 1.165) is 11.8 Å². The molecule has 0 saturated heterocycles. The molecule has 0 amide bonds. The Kier molecular flexibility index (Phi) is 0.697. The Labute approximate surface area is 44.9 Å². The summed E-state index contributed by atoms with van der Waals surface area (Å²) in [5.74, 6) is 1.98. The lowest BCUT2D eigenvalue weighted by molar-refractivity contribution is 0.598. The Morgan fingerprint density at radius 3 is 2.00 bits per heavy atom. The van der Waals surface area contributed by atoms with Crippen molar-refractivity contribution < 1.29 is 0 Å². The molecule has 2 rings (SSSR count). The fraction of sp³-hybridized carbons (Fsp3) is 0.714. The zero-order valence-corrected chi connectivity index (χ0v) is 4.43. The Hall–Kier alpha value is 0. The molecule has 2 aliphatic rings. The van der Waals surface area contributed by atoms with E-state index in [1.165, 1.54) is 19.3 Å². The smallest absolute Gasteiger partial charge is 0.0349 e. The maximum atomic E-state index is 2.45. The van der Waals surface area contributed by atoms with Gasteiger partial charge in [0.2, 0.25) is 0 Å². The van der Waals surface area contributed by atoms with Crippen LogP contribution in [0.15, 0.2) is 0 Å². The molecule has 7 heavy (non-hydrogen) atoms. The van der Waals surface area contributed by atoms with E-state index in [9.17, 15) is 0 Å². The molecule has 0 aromatic rings. The minimum absolute atomic E-state index is 0.921. The molecule has 0 spiro atoms. The van der Waals surface area contributed by atoms with Crippen LogP contribution >= 0.6 is 0 Å². The van der Waals surface area contributed by atoms with E-state index >= 15 is 0 Å². The number of rotatable bonds is 0. The summed E-state index contributed by atoms with van der Waals surface area (Å²) in [5, 5.41) is 0. The second-order valence-corrected chi connectivity index (χ2v) is 2.71. The summed E-state index contributed by atoms with van der Waals surface area (Å²) in [7, 11) is 0. The molecule has 0 heteroatoms. The maximum absolute atomic E-state index is 2.45. The quantitative estimate of drug-likeness (QED) is 0.429. The molecule has 0 aromatic heterocycles. The summed E-state index contributed by atoms with van der Waals surface area (Å²) >= 11 is 0. The topological polar surface area (TPSA) is 0 Å². The average Bonchev–Trinajstić information content (AvgIpc) is 2.22. The molecule has 2 radical (unpaired) electrons. The van der Waals surface area contributed by atoms with Gasteiger partial charge >= 0.3 is 0 Å². The van der Waals surface area contributed by atoms with Gasteiger partial charge in [-0.25, -0.2) is 0 Å². The summed E-state index contributed by atoms with van der Waals surface area (Å²) in [6.07, 6.45) is 9.19. The SMILES string of the molecule is [CH]1CC2C[CH]C1C2. The Balaban J connectivity index is 2.12. The summed E-state index contributed by atoms with van der Waals surface area (Å²) in [6.45, 7) is 0. The van der Waals surface area contributed by atoms with Gasteiger partial charge in [-0.1, -0.05) is 0 Å². The monoisotopic (exact) mass is 94.1 g/mol. The lowest BCUT2D eigenvalue weighted by Crippen LogP contribution is -1.93. The second kappa shape index (κ2) is 1.24. The van der Waals surface area contributed by atoms with Crippen molar-refractivity contribution in [3.05, 3.63) is 12.8 Å². The molecule has 38 valence electrons. The van der Waals surface area contributed by atoms with Crippen LogP contribution in [0.25, 0.3) is 0 Å². The van der Waals surface area contributed by atoms with Gasteiger partial charge in [0, 0.05) is 0 Å². The molecule has 0 nitrogen and oxygen atoms in total. The predicted molar refractivity (Wildman–Crippen MR) is 29.4 cm³/mol. The van der Waals surface area contributed by atoms with Crippen LogP contribution in [0.4, 0.5) is 0 Å². The standard InChI is InChI=1S/C7H10/c1-2-7-4-3-6(1)5-7/h1,3,6-7H,2,4-5H2. The summed E-state index contributed by atoms with van der Waals surface area (Å²) < 4.78 is 0. The van der Waals surface area contributed by atoms with Crippen LogP contribution in [-0.4, -0.2) is 0 Å². The Morgan fingerprint density at radius 1 is 1.14 bits per heavy atom. The zero-order valence-electron chi connectivity index (χ0n) is 4.43. The number of fused-ring (bicyclic) bond motifs is 2. The van der Waals surface area contributed by atoms with Crippen LogP contribution in [-0.2, 0) is 0 Å². The first-order chi connectivity index (χ1) is 3.45. The molecule has 2 fully saturated rings. The van der Waals surface area contributed by atoms with E-state index in [1.807, 2.05) is 0 Å². The van der Waals surface area contributed by atoms with Crippen molar-refractivity contribution in [1.82, 2.24) is 0 Å². The molecule has 2 aliphatic carbocycles. The van der Waals surface area contributed by atoms with Gasteiger partial charge in [-0.3, -0.25) is 0 Å². The van der Waals surface area contributed by atoms with E-state index in [0.29, 0.717) is 0 Å². The molecule has 0 aliphatic heterocycles. The predicted octanol–water partition coefficient (Wildman–Crippen LogP) is 1.82. The molecule has 0 atom stereocenters. The van der Waals surface area contributed by atoms with Crippen molar-refractivity contribution in [2.24, 2.45) is 11.8 Å². The van der Waals surface area contributed by atoms with Gasteiger partial charge in [0.15, 0.2) is 0 Å². The first kappa shape index (κ1) is 3.94. The van der Waals surface area contributed by atoms with Crippen LogP contribution in [0.5, 0.6) is 0 Å². The van der Waals surface area contributed by atoms with Gasteiger partial charge in [-0.2, -0.15) is 0 Å². The average molecular weight is 94.2 g/mol. The van der Waals surface area contributed by atoms with Crippen molar-refractivity contribution in [3.63, 3.8) is 0 Å². The molecular weight excluding hydrogens is 84.1 g/mol. The van der Waals surface area contributed by atoms with Gasteiger partial charge in [-0.15, -0.1) is 0 Å². The molecule has 0 aromatic carbocycles. The second-order valence-electron chi connectivity index (χ2n) is 2.71. The summed E-state index contributed by atoms with van der Waals surface area (Å²) in [4.78, 5) is 0. The largest absolute Gasteiger partial charge is 0.0470 e. The minimum atomic E-state index is 0.921. The van der Waals surface area contributed by atoms with Crippen molar-refractivity contribution in [1.29, 1.82) is 0 Å². The highest BCUT2D eigenvalue weighted by Gasteiger charge is 2.31. The molecule has 0 unspecified atom stereocenters. The Morgan fingerprint density at radius 2 is 1.86 bits per heavy atom. The van der Waals surface area contributed by atoms with Crippen LogP contribution in [0.1, 0.15) is 19.3 Å². The summed E-state index contributed by atoms with van der Waals surface area (Å²) in [5.41, 5.74) is 0. The van der Waals surface area contributed by atoms with E-state index in [1.54, 1.807) is 0 Å². The van der Waals surface area contributed by atoms with Gasteiger partial charge in [0.1, 0.15) is 0 Å². The van der Waals surface area contributed by atoms with Crippen molar-refractivity contribution >= 4 is 0 Å². The number of hydrogen-bond donors (Lipinski definition) is 0. The first-order valence-corrected chi connectivity index (χ1v) is 3.12. The molecule has 0 heterocycles. The first-order valence-electron chi connectivity index (χ1n) is 3.12. The van der Waals surface area contributed by atoms with Crippen LogP contribution < -0.4 is 0 Å². The van der Waals surface area contributed by atoms with Gasteiger partial charge in [-0.05, 0) is 43.9 Å². The van der Waals surface area contributed by atoms with Gasteiger partial charge < -0.3 is 0 Å².